The molecular formula is C13H22N2O. The average molecular weight is 222 g/mol. The normalized spacial score (nSPS) is 18.2. The number of rotatable bonds is 4. The predicted octanol–water partition coefficient (Wildman–Crippen LogP) is 2.50. The Labute approximate surface area is 97.6 Å². The van der Waals surface area contributed by atoms with Crippen LogP contribution in [-0.4, -0.2) is 18.0 Å². The summed E-state index contributed by atoms with van der Waals surface area (Å²) in [6.07, 6.45) is 8.55. The summed E-state index contributed by atoms with van der Waals surface area (Å²) in [5.74, 6) is 1.04. The highest BCUT2D eigenvalue weighted by molar-refractivity contribution is 5.16. The number of furan rings is 1. The molecular weight excluding hydrogens is 200 g/mol. The third kappa shape index (κ3) is 2.66. The molecule has 1 heterocycles. The van der Waals surface area contributed by atoms with Crippen LogP contribution in [0.3, 0.4) is 0 Å². The highest BCUT2D eigenvalue weighted by Gasteiger charge is 2.19. The minimum atomic E-state index is 0.574. The molecule has 1 aromatic rings. The molecule has 0 atom stereocenters. The second-order valence-corrected chi connectivity index (χ2v) is 4.78. The topological polar surface area (TPSA) is 42.4 Å². The zero-order valence-electron chi connectivity index (χ0n) is 10.1. The molecule has 1 saturated carbocycles. The first kappa shape index (κ1) is 11.7. The van der Waals surface area contributed by atoms with Crippen LogP contribution in [0.2, 0.25) is 0 Å². The minimum Gasteiger partial charge on any atom is -0.468 e. The highest BCUT2D eigenvalue weighted by atomic mass is 16.3. The zero-order chi connectivity index (χ0) is 11.4. The van der Waals surface area contributed by atoms with E-state index in [2.05, 4.69) is 11.9 Å². The molecule has 2 N–H and O–H groups in total. The minimum absolute atomic E-state index is 0.574. The van der Waals surface area contributed by atoms with Crippen molar-refractivity contribution in [3.05, 3.63) is 23.7 Å². The monoisotopic (exact) mass is 222 g/mol. The van der Waals surface area contributed by atoms with Gasteiger partial charge in [-0.25, -0.2) is 0 Å². The first-order valence-corrected chi connectivity index (χ1v) is 6.27. The second kappa shape index (κ2) is 5.51. The Bertz CT molecular complexity index is 315. The van der Waals surface area contributed by atoms with E-state index in [-0.39, 0.29) is 0 Å². The Balaban J connectivity index is 1.93. The Morgan fingerprint density at radius 2 is 2.12 bits per heavy atom. The maximum Gasteiger partial charge on any atom is 0.122 e. The fourth-order valence-electron chi connectivity index (χ4n) is 2.57. The maximum atomic E-state index is 5.67. The highest BCUT2D eigenvalue weighted by Crippen LogP contribution is 2.23. The van der Waals surface area contributed by atoms with Crippen LogP contribution in [-0.2, 0) is 13.1 Å². The van der Waals surface area contributed by atoms with Gasteiger partial charge in [0.2, 0.25) is 0 Å². The third-order valence-electron chi connectivity index (χ3n) is 3.65. The molecule has 2 rings (SSSR count). The molecule has 3 heteroatoms. The molecule has 0 radical (unpaired) electrons. The Kier molecular flexibility index (Phi) is 4.02. The van der Waals surface area contributed by atoms with Crippen molar-refractivity contribution in [1.29, 1.82) is 0 Å². The summed E-state index contributed by atoms with van der Waals surface area (Å²) in [6, 6.07) is 2.70. The lowest BCUT2D eigenvalue weighted by atomic mass is 9.94. The van der Waals surface area contributed by atoms with E-state index in [1.165, 1.54) is 32.1 Å². The van der Waals surface area contributed by atoms with E-state index >= 15 is 0 Å². The summed E-state index contributed by atoms with van der Waals surface area (Å²) in [5, 5.41) is 0. The molecule has 0 unspecified atom stereocenters. The van der Waals surface area contributed by atoms with E-state index < -0.39 is 0 Å². The van der Waals surface area contributed by atoms with Crippen LogP contribution in [0.15, 0.2) is 16.7 Å². The van der Waals surface area contributed by atoms with Gasteiger partial charge in [-0.3, -0.25) is 4.90 Å². The third-order valence-corrected chi connectivity index (χ3v) is 3.65. The summed E-state index contributed by atoms with van der Waals surface area (Å²) in [6.45, 7) is 1.47. The van der Waals surface area contributed by atoms with E-state index in [1.54, 1.807) is 6.26 Å². The molecule has 1 aromatic heterocycles. The van der Waals surface area contributed by atoms with Crippen molar-refractivity contribution in [3.8, 4) is 0 Å². The van der Waals surface area contributed by atoms with Gasteiger partial charge in [0.1, 0.15) is 5.76 Å². The lowest BCUT2D eigenvalue weighted by Gasteiger charge is -2.30. The van der Waals surface area contributed by atoms with Crippen molar-refractivity contribution in [2.24, 2.45) is 5.73 Å². The molecule has 0 bridgehead atoms. The van der Waals surface area contributed by atoms with E-state index in [9.17, 15) is 0 Å². The smallest absolute Gasteiger partial charge is 0.122 e. The van der Waals surface area contributed by atoms with E-state index in [4.69, 9.17) is 10.2 Å². The van der Waals surface area contributed by atoms with Crippen LogP contribution in [0, 0.1) is 0 Å². The molecule has 90 valence electrons. The summed E-state index contributed by atoms with van der Waals surface area (Å²) < 4.78 is 5.50. The van der Waals surface area contributed by atoms with Crippen LogP contribution in [0.1, 0.15) is 43.4 Å². The van der Waals surface area contributed by atoms with Crippen molar-refractivity contribution in [1.82, 2.24) is 4.90 Å². The lowest BCUT2D eigenvalue weighted by Crippen LogP contribution is -2.33. The largest absolute Gasteiger partial charge is 0.468 e. The Morgan fingerprint density at radius 3 is 2.81 bits per heavy atom. The quantitative estimate of drug-likeness (QED) is 0.851. The lowest BCUT2D eigenvalue weighted by molar-refractivity contribution is 0.172. The standard InChI is InChI=1S/C13H22N2O/c1-15(12-5-3-2-4-6-12)10-13-11(9-14)7-8-16-13/h7-8,12H,2-6,9-10,14H2,1H3. The molecule has 0 aliphatic heterocycles. The first-order chi connectivity index (χ1) is 7.81. The van der Waals surface area contributed by atoms with Crippen LogP contribution in [0.25, 0.3) is 0 Å². The maximum absolute atomic E-state index is 5.67. The number of hydrogen-bond donors (Lipinski definition) is 1. The molecule has 0 aromatic carbocycles. The molecule has 0 spiro atoms. The van der Waals surface area contributed by atoms with Gasteiger partial charge in [0.05, 0.1) is 12.8 Å². The molecule has 16 heavy (non-hydrogen) atoms. The predicted molar refractivity (Wildman–Crippen MR) is 64.9 cm³/mol. The first-order valence-electron chi connectivity index (χ1n) is 6.27. The van der Waals surface area contributed by atoms with E-state index in [0.29, 0.717) is 6.54 Å². The molecule has 1 aliphatic rings. The Morgan fingerprint density at radius 1 is 1.38 bits per heavy atom. The summed E-state index contributed by atoms with van der Waals surface area (Å²) in [7, 11) is 2.19. The van der Waals surface area contributed by atoms with Gasteiger partial charge < -0.3 is 10.2 Å². The van der Waals surface area contributed by atoms with Crippen LogP contribution < -0.4 is 5.73 Å². The fraction of sp³-hybridized carbons (Fsp3) is 0.692. The zero-order valence-corrected chi connectivity index (χ0v) is 10.1. The number of hydrogen-bond acceptors (Lipinski definition) is 3. The van der Waals surface area contributed by atoms with Gasteiger partial charge in [0.25, 0.3) is 0 Å². The molecule has 1 fully saturated rings. The van der Waals surface area contributed by atoms with Gasteiger partial charge in [-0.05, 0) is 26.0 Å². The fourth-order valence-corrected chi connectivity index (χ4v) is 2.57. The summed E-state index contributed by atoms with van der Waals surface area (Å²) >= 11 is 0. The molecule has 3 nitrogen and oxygen atoms in total. The van der Waals surface area contributed by atoms with Crippen molar-refractivity contribution in [3.63, 3.8) is 0 Å². The van der Waals surface area contributed by atoms with Gasteiger partial charge in [-0.15, -0.1) is 0 Å². The van der Waals surface area contributed by atoms with E-state index in [1.807, 2.05) is 6.07 Å². The second-order valence-electron chi connectivity index (χ2n) is 4.78. The number of nitrogens with zero attached hydrogens (tertiary/aromatic N) is 1. The van der Waals surface area contributed by atoms with Gasteiger partial charge in [-0.1, -0.05) is 19.3 Å². The SMILES string of the molecule is CN(Cc1occc1CN)C1CCCCC1. The van der Waals surface area contributed by atoms with Gasteiger partial charge in [0.15, 0.2) is 0 Å². The van der Waals surface area contributed by atoms with Crippen LogP contribution >= 0.6 is 0 Å². The van der Waals surface area contributed by atoms with E-state index in [0.717, 1.165) is 23.9 Å². The van der Waals surface area contributed by atoms with Crippen molar-refractivity contribution in [2.45, 2.75) is 51.2 Å². The van der Waals surface area contributed by atoms with Crippen molar-refractivity contribution < 1.29 is 4.42 Å². The molecule has 1 aliphatic carbocycles. The van der Waals surface area contributed by atoms with Crippen molar-refractivity contribution >= 4 is 0 Å². The number of nitrogens with two attached hydrogens (primary N) is 1. The summed E-state index contributed by atoms with van der Waals surface area (Å²) in [4.78, 5) is 2.41. The van der Waals surface area contributed by atoms with Crippen molar-refractivity contribution in [2.75, 3.05) is 7.05 Å². The Hall–Kier alpha value is -0.800. The van der Waals surface area contributed by atoms with Gasteiger partial charge in [0, 0.05) is 18.2 Å². The van der Waals surface area contributed by atoms with Gasteiger partial charge in [-0.2, -0.15) is 0 Å². The van der Waals surface area contributed by atoms with Gasteiger partial charge >= 0.3 is 0 Å². The van der Waals surface area contributed by atoms with Crippen LogP contribution in [0.4, 0.5) is 0 Å². The molecule has 0 amide bonds. The molecule has 0 saturated heterocycles. The average Bonchev–Trinajstić information content (AvgIpc) is 2.77. The summed E-state index contributed by atoms with van der Waals surface area (Å²) in [5.41, 5.74) is 6.81. The van der Waals surface area contributed by atoms with Crippen LogP contribution in [0.5, 0.6) is 0 Å².